The highest BCUT2D eigenvalue weighted by atomic mass is 35.5. The van der Waals surface area contributed by atoms with Gasteiger partial charge in [-0.05, 0) is 30.2 Å². The van der Waals surface area contributed by atoms with Crippen molar-refractivity contribution in [3.05, 3.63) is 28.8 Å². The van der Waals surface area contributed by atoms with Gasteiger partial charge in [-0.3, -0.25) is 4.79 Å². The topological polar surface area (TPSA) is 75.6 Å². The van der Waals surface area contributed by atoms with Crippen LogP contribution in [-0.2, 0) is 16.0 Å². The molecule has 0 aliphatic carbocycles. The SMILES string of the molecule is CC[C@@H](NC(=O)C1Cc2cc(Cl)ccc2O1)C(=O)O. The van der Waals surface area contributed by atoms with Crippen molar-refractivity contribution >= 4 is 23.5 Å². The van der Waals surface area contributed by atoms with Gasteiger partial charge in [0.2, 0.25) is 0 Å². The molecule has 1 unspecified atom stereocenters. The number of rotatable bonds is 4. The number of carbonyl (C=O) groups excluding carboxylic acids is 1. The van der Waals surface area contributed by atoms with Gasteiger partial charge >= 0.3 is 5.97 Å². The first-order chi connectivity index (χ1) is 9.01. The number of carbonyl (C=O) groups is 2. The van der Waals surface area contributed by atoms with E-state index >= 15 is 0 Å². The molecule has 0 fully saturated rings. The summed E-state index contributed by atoms with van der Waals surface area (Å²) in [6, 6.07) is 4.26. The third-order valence-electron chi connectivity index (χ3n) is 3.01. The average molecular weight is 284 g/mol. The van der Waals surface area contributed by atoms with Crippen LogP contribution in [0, 0.1) is 0 Å². The molecule has 2 atom stereocenters. The number of benzene rings is 1. The molecule has 2 rings (SSSR count). The smallest absolute Gasteiger partial charge is 0.326 e. The first kappa shape index (κ1) is 13.7. The molecule has 102 valence electrons. The monoisotopic (exact) mass is 283 g/mol. The molecule has 1 heterocycles. The Kier molecular flexibility index (Phi) is 3.95. The maximum absolute atomic E-state index is 11.9. The summed E-state index contributed by atoms with van der Waals surface area (Å²) in [6.45, 7) is 1.70. The second-order valence-corrected chi connectivity index (χ2v) is 4.81. The number of fused-ring (bicyclic) bond motifs is 1. The molecule has 0 saturated carbocycles. The predicted octanol–water partition coefficient (Wildman–Crippen LogP) is 1.62. The van der Waals surface area contributed by atoms with Crippen LogP contribution in [0.3, 0.4) is 0 Å². The minimum absolute atomic E-state index is 0.326. The summed E-state index contributed by atoms with van der Waals surface area (Å²) in [4.78, 5) is 22.8. The molecule has 0 spiro atoms. The van der Waals surface area contributed by atoms with E-state index in [0.717, 1.165) is 5.56 Å². The van der Waals surface area contributed by atoms with Gasteiger partial charge in [-0.25, -0.2) is 4.79 Å². The van der Waals surface area contributed by atoms with E-state index in [9.17, 15) is 9.59 Å². The van der Waals surface area contributed by atoms with Crippen LogP contribution in [-0.4, -0.2) is 29.1 Å². The highest BCUT2D eigenvalue weighted by molar-refractivity contribution is 6.30. The fourth-order valence-corrected chi connectivity index (χ4v) is 2.16. The van der Waals surface area contributed by atoms with Gasteiger partial charge in [0.15, 0.2) is 6.10 Å². The van der Waals surface area contributed by atoms with Crippen LogP contribution < -0.4 is 10.1 Å². The van der Waals surface area contributed by atoms with Crippen molar-refractivity contribution in [1.82, 2.24) is 5.32 Å². The van der Waals surface area contributed by atoms with Crippen LogP contribution in [0.25, 0.3) is 0 Å². The minimum atomic E-state index is -1.05. The fraction of sp³-hybridized carbons (Fsp3) is 0.385. The number of hydrogen-bond donors (Lipinski definition) is 2. The van der Waals surface area contributed by atoms with E-state index in [1.165, 1.54) is 0 Å². The van der Waals surface area contributed by atoms with Crippen LogP contribution in [0.2, 0.25) is 5.02 Å². The molecule has 1 aromatic carbocycles. The van der Waals surface area contributed by atoms with Crippen molar-refractivity contribution in [3.63, 3.8) is 0 Å². The Morgan fingerprint density at radius 2 is 2.32 bits per heavy atom. The van der Waals surface area contributed by atoms with Gasteiger partial charge < -0.3 is 15.2 Å². The molecule has 1 aliphatic heterocycles. The molecule has 0 bridgehead atoms. The summed E-state index contributed by atoms with van der Waals surface area (Å²) < 4.78 is 5.49. The van der Waals surface area contributed by atoms with Gasteiger partial charge in [0.1, 0.15) is 11.8 Å². The third kappa shape index (κ3) is 2.98. The number of nitrogens with one attached hydrogen (secondary N) is 1. The highest BCUT2D eigenvalue weighted by Gasteiger charge is 2.31. The van der Waals surface area contributed by atoms with E-state index in [-0.39, 0.29) is 0 Å². The Hall–Kier alpha value is -1.75. The molecule has 2 N–H and O–H groups in total. The van der Waals surface area contributed by atoms with Crippen LogP contribution in [0.15, 0.2) is 18.2 Å². The maximum atomic E-state index is 11.9. The summed E-state index contributed by atoms with van der Waals surface area (Å²) in [6.07, 6.45) is 0.0338. The summed E-state index contributed by atoms with van der Waals surface area (Å²) >= 11 is 5.87. The zero-order valence-electron chi connectivity index (χ0n) is 10.4. The van der Waals surface area contributed by atoms with E-state index in [1.807, 2.05) is 0 Å². The van der Waals surface area contributed by atoms with E-state index in [0.29, 0.717) is 23.6 Å². The lowest BCUT2D eigenvalue weighted by atomic mass is 10.1. The second kappa shape index (κ2) is 5.48. The van der Waals surface area contributed by atoms with Crippen molar-refractivity contribution in [1.29, 1.82) is 0 Å². The van der Waals surface area contributed by atoms with Gasteiger partial charge in [-0.1, -0.05) is 18.5 Å². The minimum Gasteiger partial charge on any atom is -0.480 e. The van der Waals surface area contributed by atoms with Crippen LogP contribution in [0.1, 0.15) is 18.9 Å². The fourth-order valence-electron chi connectivity index (χ4n) is 1.97. The molecular weight excluding hydrogens is 270 g/mol. The number of amides is 1. The lowest BCUT2D eigenvalue weighted by molar-refractivity contribution is -0.143. The molecule has 1 aromatic rings. The van der Waals surface area contributed by atoms with Crippen molar-refractivity contribution in [2.24, 2.45) is 0 Å². The van der Waals surface area contributed by atoms with Crippen molar-refractivity contribution < 1.29 is 19.4 Å². The third-order valence-corrected chi connectivity index (χ3v) is 3.25. The number of ether oxygens (including phenoxy) is 1. The van der Waals surface area contributed by atoms with Crippen molar-refractivity contribution in [3.8, 4) is 5.75 Å². The zero-order valence-corrected chi connectivity index (χ0v) is 11.1. The molecular formula is C13H14ClNO4. The summed E-state index contributed by atoms with van der Waals surface area (Å²) in [7, 11) is 0. The van der Waals surface area contributed by atoms with E-state index in [4.69, 9.17) is 21.4 Å². The van der Waals surface area contributed by atoms with Crippen molar-refractivity contribution in [2.45, 2.75) is 31.9 Å². The number of halogens is 1. The second-order valence-electron chi connectivity index (χ2n) is 4.37. The highest BCUT2D eigenvalue weighted by Crippen LogP contribution is 2.31. The summed E-state index contributed by atoms with van der Waals surface area (Å²) in [5.74, 6) is -0.844. The maximum Gasteiger partial charge on any atom is 0.326 e. The van der Waals surface area contributed by atoms with Crippen LogP contribution in [0.4, 0.5) is 0 Å². The molecule has 6 heteroatoms. The van der Waals surface area contributed by atoms with Crippen LogP contribution >= 0.6 is 11.6 Å². The normalized spacial score (nSPS) is 18.3. The first-order valence-electron chi connectivity index (χ1n) is 5.99. The Labute approximate surface area is 115 Å². The van der Waals surface area contributed by atoms with Gasteiger partial charge in [-0.15, -0.1) is 0 Å². The molecule has 5 nitrogen and oxygen atoms in total. The lowest BCUT2D eigenvalue weighted by Crippen LogP contribution is -2.46. The molecule has 19 heavy (non-hydrogen) atoms. The lowest BCUT2D eigenvalue weighted by Gasteiger charge is -2.15. The predicted molar refractivity (Wildman–Crippen MR) is 69.4 cm³/mol. The van der Waals surface area contributed by atoms with Gasteiger partial charge in [0, 0.05) is 11.4 Å². The molecule has 0 radical (unpaired) electrons. The molecule has 0 aromatic heterocycles. The standard InChI is InChI=1S/C13H14ClNO4/c1-2-9(13(17)18)15-12(16)11-6-7-5-8(14)3-4-10(7)19-11/h3-5,9,11H,2,6H2,1H3,(H,15,16)(H,17,18)/t9-,11?/m1/s1. The zero-order chi connectivity index (χ0) is 14.0. The molecule has 0 saturated heterocycles. The average Bonchev–Trinajstić information content (AvgIpc) is 2.78. The summed E-state index contributed by atoms with van der Waals surface area (Å²) in [5.41, 5.74) is 0.857. The largest absolute Gasteiger partial charge is 0.480 e. The van der Waals surface area contributed by atoms with Gasteiger partial charge in [0.05, 0.1) is 0 Å². The number of carboxylic acid groups (broad SMARTS) is 1. The Bertz CT molecular complexity index is 517. The Morgan fingerprint density at radius 3 is 2.95 bits per heavy atom. The van der Waals surface area contributed by atoms with E-state index < -0.39 is 24.0 Å². The van der Waals surface area contributed by atoms with Gasteiger partial charge in [0.25, 0.3) is 5.91 Å². The number of carboxylic acids is 1. The molecule has 1 aliphatic rings. The summed E-state index contributed by atoms with van der Waals surface area (Å²) in [5, 5.41) is 11.9. The molecule has 1 amide bonds. The number of aliphatic carboxylic acids is 1. The Balaban J connectivity index is 2.02. The first-order valence-corrected chi connectivity index (χ1v) is 6.37. The number of hydrogen-bond acceptors (Lipinski definition) is 3. The van der Waals surface area contributed by atoms with Crippen LogP contribution in [0.5, 0.6) is 5.75 Å². The van der Waals surface area contributed by atoms with Crippen molar-refractivity contribution in [2.75, 3.05) is 0 Å². The Morgan fingerprint density at radius 1 is 1.58 bits per heavy atom. The van der Waals surface area contributed by atoms with E-state index in [1.54, 1.807) is 25.1 Å². The van der Waals surface area contributed by atoms with Gasteiger partial charge in [-0.2, -0.15) is 0 Å². The quantitative estimate of drug-likeness (QED) is 0.880. The van der Waals surface area contributed by atoms with E-state index in [2.05, 4.69) is 5.32 Å².